The van der Waals surface area contributed by atoms with Gasteiger partial charge in [0, 0.05) is 6.20 Å². The lowest BCUT2D eigenvalue weighted by Gasteiger charge is -2.36. The minimum absolute atomic E-state index is 0.447. The predicted octanol–water partition coefficient (Wildman–Crippen LogP) is 5.14. The van der Waals surface area contributed by atoms with Crippen LogP contribution in [0.4, 0.5) is 0 Å². The number of carbonyl (C=O) groups excluding carboxylic acids is 1. The van der Waals surface area contributed by atoms with Crippen LogP contribution in [0.2, 0.25) is 0 Å². The van der Waals surface area contributed by atoms with Crippen molar-refractivity contribution in [1.29, 1.82) is 0 Å². The van der Waals surface area contributed by atoms with Crippen LogP contribution in [-0.4, -0.2) is 16.1 Å². The van der Waals surface area contributed by atoms with E-state index in [1.807, 2.05) is 65.5 Å². The summed E-state index contributed by atoms with van der Waals surface area (Å²) < 4.78 is 2.74. The van der Waals surface area contributed by atoms with E-state index in [4.69, 9.17) is 0 Å². The highest BCUT2D eigenvalue weighted by atomic mass is 127. The number of aromatic nitrogens is 2. The Balaban J connectivity index is 2.14. The molecule has 132 valence electrons. The van der Waals surface area contributed by atoms with Gasteiger partial charge in [-0.05, 0) is 39.3 Å². The van der Waals surface area contributed by atoms with E-state index in [-0.39, 0.29) is 0 Å². The third-order valence-corrected chi connectivity index (χ3v) is 5.56. The summed E-state index contributed by atoms with van der Waals surface area (Å²) in [5, 5.41) is 4.67. The van der Waals surface area contributed by atoms with Crippen molar-refractivity contribution in [3.05, 3.63) is 123 Å². The maximum absolute atomic E-state index is 11.5. The molecule has 0 N–H and O–H groups in total. The maximum Gasteiger partial charge on any atom is 0.171 e. The van der Waals surface area contributed by atoms with Crippen molar-refractivity contribution in [3.63, 3.8) is 0 Å². The first-order valence-electron chi connectivity index (χ1n) is 8.64. The second-order valence-electron chi connectivity index (χ2n) is 6.23. The van der Waals surface area contributed by atoms with Gasteiger partial charge in [0.25, 0.3) is 0 Å². The Bertz CT molecular complexity index is 947. The minimum atomic E-state index is -0.676. The summed E-state index contributed by atoms with van der Waals surface area (Å²) >= 11 is 2.16. The van der Waals surface area contributed by atoms with Crippen molar-refractivity contribution < 1.29 is 4.79 Å². The number of benzene rings is 3. The molecular formula is C23H17IN2O. The van der Waals surface area contributed by atoms with E-state index in [0.717, 1.165) is 26.5 Å². The number of aldehydes is 1. The van der Waals surface area contributed by atoms with Gasteiger partial charge in [-0.15, -0.1) is 0 Å². The molecule has 0 unspecified atom stereocenters. The molecule has 0 bridgehead atoms. The molecule has 0 saturated carbocycles. The van der Waals surface area contributed by atoms with Crippen LogP contribution >= 0.6 is 22.6 Å². The Labute approximate surface area is 171 Å². The van der Waals surface area contributed by atoms with E-state index in [1.54, 1.807) is 0 Å². The van der Waals surface area contributed by atoms with Gasteiger partial charge >= 0.3 is 0 Å². The monoisotopic (exact) mass is 464 g/mol. The van der Waals surface area contributed by atoms with Crippen molar-refractivity contribution in [3.8, 4) is 0 Å². The van der Waals surface area contributed by atoms with Crippen molar-refractivity contribution in [2.24, 2.45) is 0 Å². The first kappa shape index (κ1) is 17.7. The number of carbonyl (C=O) groups is 1. The van der Waals surface area contributed by atoms with Crippen molar-refractivity contribution >= 4 is 28.9 Å². The molecule has 0 atom stereocenters. The van der Waals surface area contributed by atoms with Crippen LogP contribution in [0, 0.1) is 3.57 Å². The SMILES string of the molecule is O=Cc1nn(C(c2ccccc2)(c2ccccc2)c2ccccc2)cc1I. The van der Waals surface area contributed by atoms with Crippen molar-refractivity contribution in [2.75, 3.05) is 0 Å². The standard InChI is InChI=1S/C23H17IN2O/c24-21-16-26(25-22(21)17-27)23(18-10-4-1-5-11-18,19-12-6-2-7-13-19)20-14-8-3-9-15-20/h1-17H. The van der Waals surface area contributed by atoms with Gasteiger partial charge in [0.05, 0.1) is 3.57 Å². The fraction of sp³-hybridized carbons (Fsp3) is 0.0435. The number of halogens is 1. The molecular weight excluding hydrogens is 447 g/mol. The summed E-state index contributed by atoms with van der Waals surface area (Å²) in [7, 11) is 0. The second kappa shape index (κ2) is 7.48. The van der Waals surface area contributed by atoms with E-state index in [1.165, 1.54) is 0 Å². The van der Waals surface area contributed by atoms with Gasteiger partial charge in [0.1, 0.15) is 11.2 Å². The smallest absolute Gasteiger partial charge is 0.171 e. The Morgan fingerprint density at radius 3 is 1.48 bits per heavy atom. The molecule has 0 aliphatic carbocycles. The molecule has 0 amide bonds. The summed E-state index contributed by atoms with van der Waals surface area (Å²) in [5.41, 5.74) is 3.02. The molecule has 0 aliphatic rings. The van der Waals surface area contributed by atoms with Gasteiger partial charge in [-0.1, -0.05) is 91.0 Å². The summed E-state index contributed by atoms with van der Waals surface area (Å²) in [6.45, 7) is 0. The molecule has 3 nitrogen and oxygen atoms in total. The Hall–Kier alpha value is -2.73. The number of hydrogen-bond donors (Lipinski definition) is 0. The van der Waals surface area contributed by atoms with Gasteiger partial charge < -0.3 is 0 Å². The fourth-order valence-electron chi connectivity index (χ4n) is 3.55. The minimum Gasteiger partial charge on any atom is -0.296 e. The summed E-state index contributed by atoms with van der Waals surface area (Å²) in [5.74, 6) is 0. The van der Waals surface area contributed by atoms with Crippen LogP contribution in [-0.2, 0) is 5.54 Å². The highest BCUT2D eigenvalue weighted by Gasteiger charge is 2.39. The molecule has 4 aromatic rings. The van der Waals surface area contributed by atoms with E-state index >= 15 is 0 Å². The van der Waals surface area contributed by atoms with E-state index in [0.29, 0.717) is 5.69 Å². The molecule has 1 heterocycles. The van der Waals surface area contributed by atoms with E-state index in [2.05, 4.69) is 64.1 Å². The van der Waals surface area contributed by atoms with Gasteiger partial charge in [0.15, 0.2) is 6.29 Å². The molecule has 1 aromatic heterocycles. The van der Waals surface area contributed by atoms with Crippen LogP contribution in [0.3, 0.4) is 0 Å². The second-order valence-corrected chi connectivity index (χ2v) is 7.40. The lowest BCUT2D eigenvalue weighted by atomic mass is 9.77. The van der Waals surface area contributed by atoms with Crippen molar-refractivity contribution in [2.45, 2.75) is 5.54 Å². The first-order chi connectivity index (χ1) is 13.3. The number of hydrogen-bond acceptors (Lipinski definition) is 2. The highest BCUT2D eigenvalue weighted by molar-refractivity contribution is 14.1. The molecule has 4 rings (SSSR count). The quantitative estimate of drug-likeness (QED) is 0.233. The average molecular weight is 464 g/mol. The molecule has 0 radical (unpaired) electrons. The first-order valence-corrected chi connectivity index (χ1v) is 9.72. The van der Waals surface area contributed by atoms with Gasteiger partial charge in [0.2, 0.25) is 0 Å². The zero-order valence-corrected chi connectivity index (χ0v) is 16.7. The predicted molar refractivity (Wildman–Crippen MR) is 115 cm³/mol. The fourth-order valence-corrected chi connectivity index (χ4v) is 4.05. The third-order valence-electron chi connectivity index (χ3n) is 4.73. The molecule has 3 aromatic carbocycles. The van der Waals surface area contributed by atoms with Crippen LogP contribution in [0.15, 0.2) is 97.2 Å². The Kier molecular flexibility index (Phi) is 4.90. The Morgan fingerprint density at radius 1 is 0.741 bits per heavy atom. The van der Waals surface area contributed by atoms with Gasteiger partial charge in [-0.25, -0.2) is 0 Å². The molecule has 0 spiro atoms. The molecule has 27 heavy (non-hydrogen) atoms. The summed E-state index contributed by atoms with van der Waals surface area (Å²) in [6, 6.07) is 30.9. The lowest BCUT2D eigenvalue weighted by Crippen LogP contribution is -2.38. The third kappa shape index (κ3) is 3.00. The number of nitrogens with zero attached hydrogens (tertiary/aromatic N) is 2. The normalized spacial score (nSPS) is 11.3. The maximum atomic E-state index is 11.5. The van der Waals surface area contributed by atoms with Gasteiger partial charge in [-0.2, -0.15) is 5.10 Å². The Morgan fingerprint density at radius 2 is 1.15 bits per heavy atom. The van der Waals surface area contributed by atoms with Crippen LogP contribution in [0.1, 0.15) is 27.2 Å². The number of rotatable bonds is 5. The largest absolute Gasteiger partial charge is 0.296 e. The average Bonchev–Trinajstić information content (AvgIpc) is 3.12. The summed E-state index contributed by atoms with van der Waals surface area (Å²) in [6.07, 6.45) is 2.75. The zero-order valence-electron chi connectivity index (χ0n) is 14.5. The molecule has 0 aliphatic heterocycles. The highest BCUT2D eigenvalue weighted by Crippen LogP contribution is 2.40. The van der Waals surface area contributed by atoms with Crippen LogP contribution in [0.5, 0.6) is 0 Å². The topological polar surface area (TPSA) is 34.9 Å². The summed E-state index contributed by atoms with van der Waals surface area (Å²) in [4.78, 5) is 11.5. The van der Waals surface area contributed by atoms with Crippen LogP contribution < -0.4 is 0 Å². The van der Waals surface area contributed by atoms with Crippen LogP contribution in [0.25, 0.3) is 0 Å². The van der Waals surface area contributed by atoms with E-state index in [9.17, 15) is 4.79 Å². The van der Waals surface area contributed by atoms with Gasteiger partial charge in [-0.3, -0.25) is 9.48 Å². The molecule has 0 fully saturated rings. The lowest BCUT2D eigenvalue weighted by molar-refractivity contribution is 0.111. The molecule has 0 saturated heterocycles. The zero-order chi connectivity index (χ0) is 18.7. The van der Waals surface area contributed by atoms with E-state index < -0.39 is 5.54 Å². The van der Waals surface area contributed by atoms with Crippen molar-refractivity contribution in [1.82, 2.24) is 9.78 Å². The molecule has 4 heteroatoms.